The largest absolute Gasteiger partial charge is 0.447 e. The molecule has 2 N–H and O–H groups in total. The summed E-state index contributed by atoms with van der Waals surface area (Å²) in [6.07, 6.45) is 5.19. The van der Waals surface area contributed by atoms with Gasteiger partial charge < -0.3 is 4.74 Å². The van der Waals surface area contributed by atoms with Gasteiger partial charge >= 0.3 is 6.09 Å². The zero-order valence-electron chi connectivity index (χ0n) is 13.9. The Bertz CT molecular complexity index is 681. The lowest BCUT2D eigenvalue weighted by Crippen LogP contribution is -2.41. The smallest absolute Gasteiger partial charge is 0.426 e. The molecule has 0 atom stereocenters. The van der Waals surface area contributed by atoms with Crippen LogP contribution in [0.4, 0.5) is 9.18 Å². The van der Waals surface area contributed by atoms with E-state index in [1.165, 1.54) is 18.2 Å². The molecule has 2 amide bonds. The number of benzene rings is 1. The number of ether oxygens (including phenoxy) is 1. The number of nitrogens with one attached hydrogen (secondary N) is 2. The number of hydrogen-bond donors (Lipinski definition) is 2. The first kappa shape index (κ1) is 20.5. The molecule has 1 rings (SSSR count). The zero-order valence-corrected chi connectivity index (χ0v) is 14.7. The van der Waals surface area contributed by atoms with E-state index in [9.17, 15) is 14.0 Å². The third-order valence-electron chi connectivity index (χ3n) is 2.91. The van der Waals surface area contributed by atoms with Crippen molar-refractivity contribution in [2.45, 2.75) is 32.6 Å². The number of halogens is 2. The van der Waals surface area contributed by atoms with Gasteiger partial charge in [-0.15, -0.1) is 5.92 Å². The molecule has 1 aromatic carbocycles. The van der Waals surface area contributed by atoms with Gasteiger partial charge in [-0.3, -0.25) is 10.2 Å². The van der Waals surface area contributed by atoms with Crippen molar-refractivity contribution in [2.75, 3.05) is 6.61 Å². The highest BCUT2D eigenvalue weighted by atomic mass is 35.5. The molecule has 7 heteroatoms. The molecule has 0 bridgehead atoms. The molecule has 0 radical (unpaired) electrons. The Kier molecular flexibility index (Phi) is 9.79. The number of unbranched alkanes of at least 4 members (excludes halogenated alkanes) is 2. The summed E-state index contributed by atoms with van der Waals surface area (Å²) in [5.41, 5.74) is 4.72. The lowest BCUT2D eigenvalue weighted by Gasteiger charge is -2.05. The Labute approximate surface area is 151 Å². The molecule has 1 aromatic rings. The molecule has 0 aromatic heterocycles. The normalized spacial score (nSPS) is 10.0. The van der Waals surface area contributed by atoms with Crippen molar-refractivity contribution in [2.24, 2.45) is 0 Å². The fourth-order valence-corrected chi connectivity index (χ4v) is 1.86. The van der Waals surface area contributed by atoms with E-state index in [0.717, 1.165) is 31.4 Å². The molecule has 25 heavy (non-hydrogen) atoms. The first-order valence-electron chi connectivity index (χ1n) is 7.84. The molecule has 0 aliphatic heterocycles. The van der Waals surface area contributed by atoms with Crippen LogP contribution < -0.4 is 10.9 Å². The van der Waals surface area contributed by atoms with Gasteiger partial charge in [-0.05, 0) is 30.2 Å². The fraction of sp³-hybridized carbons (Fsp3) is 0.333. The van der Waals surface area contributed by atoms with Crippen LogP contribution in [0.15, 0.2) is 24.3 Å². The topological polar surface area (TPSA) is 67.4 Å². The predicted molar refractivity (Wildman–Crippen MR) is 95.0 cm³/mol. The van der Waals surface area contributed by atoms with E-state index >= 15 is 0 Å². The predicted octanol–water partition coefficient (Wildman–Crippen LogP) is 3.83. The van der Waals surface area contributed by atoms with Crippen molar-refractivity contribution in [3.63, 3.8) is 0 Å². The Morgan fingerprint density at radius 2 is 2.04 bits per heavy atom. The average Bonchev–Trinajstić information content (AvgIpc) is 2.58. The molecule has 0 heterocycles. The van der Waals surface area contributed by atoms with Crippen molar-refractivity contribution in [1.29, 1.82) is 0 Å². The van der Waals surface area contributed by atoms with Crippen LogP contribution in [0.3, 0.4) is 0 Å². The van der Waals surface area contributed by atoms with Crippen LogP contribution >= 0.6 is 11.6 Å². The van der Waals surface area contributed by atoms with Crippen molar-refractivity contribution in [3.8, 4) is 11.8 Å². The molecule has 0 saturated heterocycles. The molecule has 0 saturated carbocycles. The van der Waals surface area contributed by atoms with Gasteiger partial charge in [0.1, 0.15) is 12.4 Å². The molecule has 0 spiro atoms. The van der Waals surface area contributed by atoms with E-state index in [1.54, 1.807) is 0 Å². The van der Waals surface area contributed by atoms with E-state index < -0.39 is 17.8 Å². The number of rotatable bonds is 6. The minimum Gasteiger partial charge on any atom is -0.447 e. The molecule has 134 valence electrons. The van der Waals surface area contributed by atoms with E-state index in [-0.39, 0.29) is 11.6 Å². The minimum absolute atomic E-state index is 0.141. The van der Waals surface area contributed by atoms with Crippen LogP contribution in [-0.4, -0.2) is 18.6 Å². The quantitative estimate of drug-likeness (QED) is 0.348. The SMILES string of the molecule is CCCCC#CCCOC(=O)NNC(=O)C=Cc1ccc(F)cc1Cl. The van der Waals surface area contributed by atoms with Crippen molar-refractivity contribution < 1.29 is 18.7 Å². The molecular weight excluding hydrogens is 347 g/mol. The minimum atomic E-state index is -0.781. The molecule has 0 fully saturated rings. The van der Waals surface area contributed by atoms with E-state index in [1.807, 2.05) is 0 Å². The van der Waals surface area contributed by atoms with Crippen LogP contribution in [-0.2, 0) is 9.53 Å². The Morgan fingerprint density at radius 1 is 1.28 bits per heavy atom. The summed E-state index contributed by atoms with van der Waals surface area (Å²) in [5.74, 6) is 4.82. The summed E-state index contributed by atoms with van der Waals surface area (Å²) in [6.45, 7) is 2.23. The maximum Gasteiger partial charge on any atom is 0.426 e. The Balaban J connectivity index is 2.25. The molecule has 0 unspecified atom stereocenters. The number of hydrogen-bond acceptors (Lipinski definition) is 3. The van der Waals surface area contributed by atoms with E-state index in [4.69, 9.17) is 16.3 Å². The molecule has 0 aliphatic carbocycles. The molecule has 5 nitrogen and oxygen atoms in total. The highest BCUT2D eigenvalue weighted by Gasteiger charge is 2.03. The summed E-state index contributed by atoms with van der Waals surface area (Å²) in [7, 11) is 0. The van der Waals surface area contributed by atoms with Gasteiger partial charge in [-0.1, -0.05) is 36.9 Å². The van der Waals surface area contributed by atoms with Gasteiger partial charge in [-0.2, -0.15) is 0 Å². The maximum atomic E-state index is 12.9. The standard InChI is InChI=1S/C18H20ClFN2O3/c1-2-3-4-5-6-7-12-25-18(24)22-21-17(23)11-9-14-8-10-15(20)13-16(14)19/h8-11,13H,2-4,7,12H2,1H3,(H,21,23)(H,22,24). The number of carbonyl (C=O) groups is 2. The molecule has 0 aliphatic rings. The molecular formula is C18H20ClFN2O3. The van der Waals surface area contributed by atoms with Crippen molar-refractivity contribution in [1.82, 2.24) is 10.9 Å². The lowest BCUT2D eigenvalue weighted by molar-refractivity contribution is -0.117. The summed E-state index contributed by atoms with van der Waals surface area (Å²) in [4.78, 5) is 22.9. The van der Waals surface area contributed by atoms with Gasteiger partial charge in [0.15, 0.2) is 0 Å². The van der Waals surface area contributed by atoms with Gasteiger partial charge in [-0.25, -0.2) is 14.6 Å². The number of carbonyl (C=O) groups excluding carboxylic acids is 2. The Morgan fingerprint density at radius 3 is 2.76 bits per heavy atom. The summed E-state index contributed by atoms with van der Waals surface area (Å²) < 4.78 is 17.7. The maximum absolute atomic E-state index is 12.9. The summed E-state index contributed by atoms with van der Waals surface area (Å²) in [5, 5.41) is 0.177. The Hall–Kier alpha value is -2.52. The van der Waals surface area contributed by atoms with E-state index in [2.05, 4.69) is 29.6 Å². The van der Waals surface area contributed by atoms with Gasteiger partial charge in [0, 0.05) is 18.9 Å². The third-order valence-corrected chi connectivity index (χ3v) is 3.23. The number of hydrazine groups is 1. The van der Waals surface area contributed by atoms with Crippen molar-refractivity contribution >= 4 is 29.7 Å². The monoisotopic (exact) mass is 366 g/mol. The first-order valence-corrected chi connectivity index (χ1v) is 8.22. The highest BCUT2D eigenvalue weighted by Crippen LogP contribution is 2.18. The summed E-state index contributed by atoms with van der Waals surface area (Å²) >= 11 is 5.83. The second-order valence-electron chi connectivity index (χ2n) is 4.96. The van der Waals surface area contributed by atoms with Crippen LogP contribution in [0.5, 0.6) is 0 Å². The van der Waals surface area contributed by atoms with Crippen molar-refractivity contribution in [3.05, 3.63) is 40.7 Å². The fourth-order valence-electron chi connectivity index (χ4n) is 1.63. The zero-order chi connectivity index (χ0) is 18.5. The second-order valence-corrected chi connectivity index (χ2v) is 5.36. The number of amides is 2. The van der Waals surface area contributed by atoms with Crippen LogP contribution in [0, 0.1) is 17.7 Å². The van der Waals surface area contributed by atoms with Crippen LogP contribution in [0.1, 0.15) is 38.2 Å². The van der Waals surface area contributed by atoms with Crippen LogP contribution in [0.2, 0.25) is 5.02 Å². The van der Waals surface area contributed by atoms with Gasteiger partial charge in [0.25, 0.3) is 5.91 Å². The highest BCUT2D eigenvalue weighted by molar-refractivity contribution is 6.32. The van der Waals surface area contributed by atoms with E-state index in [0.29, 0.717) is 12.0 Å². The second kappa shape index (κ2) is 11.9. The average molecular weight is 367 g/mol. The summed E-state index contributed by atoms with van der Waals surface area (Å²) in [6, 6.07) is 3.80. The lowest BCUT2D eigenvalue weighted by atomic mass is 10.2. The van der Waals surface area contributed by atoms with Gasteiger partial charge in [0.2, 0.25) is 0 Å². The third kappa shape index (κ3) is 9.38. The van der Waals surface area contributed by atoms with Crippen LogP contribution in [0.25, 0.3) is 6.08 Å². The van der Waals surface area contributed by atoms with Gasteiger partial charge in [0.05, 0.1) is 5.02 Å². The first-order chi connectivity index (χ1) is 12.0.